The molecule has 0 bridgehead atoms. The Bertz CT molecular complexity index is 674. The van der Waals surface area contributed by atoms with Crippen LogP contribution in [0.3, 0.4) is 0 Å². The van der Waals surface area contributed by atoms with Crippen LogP contribution in [0.5, 0.6) is 5.75 Å². The van der Waals surface area contributed by atoms with E-state index in [1.54, 1.807) is 0 Å². The summed E-state index contributed by atoms with van der Waals surface area (Å²) in [6, 6.07) is 8.02. The van der Waals surface area contributed by atoms with E-state index < -0.39 is 0 Å². The summed E-state index contributed by atoms with van der Waals surface area (Å²) in [6.45, 7) is 2.42. The highest BCUT2D eigenvalue weighted by Crippen LogP contribution is 2.17. The summed E-state index contributed by atoms with van der Waals surface area (Å²) in [6.07, 6.45) is 4.95. The molecular formula is C17H20N2O2. The van der Waals surface area contributed by atoms with Gasteiger partial charge in [-0.25, -0.2) is 4.98 Å². The van der Waals surface area contributed by atoms with Crippen LogP contribution < -0.4 is 10.3 Å². The molecule has 0 radical (unpaired) electrons. The van der Waals surface area contributed by atoms with Crippen molar-refractivity contribution in [3.63, 3.8) is 0 Å². The van der Waals surface area contributed by atoms with Crippen molar-refractivity contribution in [1.82, 2.24) is 9.97 Å². The first kappa shape index (κ1) is 13.9. The highest BCUT2D eigenvalue weighted by Gasteiger charge is 2.15. The Hall–Kier alpha value is -2.10. The van der Waals surface area contributed by atoms with Gasteiger partial charge in [-0.3, -0.25) is 4.79 Å². The molecule has 1 aliphatic carbocycles. The third kappa shape index (κ3) is 3.15. The number of aromatic amines is 1. The van der Waals surface area contributed by atoms with E-state index in [1.165, 1.54) is 5.56 Å². The van der Waals surface area contributed by atoms with Crippen LogP contribution in [0.2, 0.25) is 0 Å². The molecule has 21 heavy (non-hydrogen) atoms. The lowest BCUT2D eigenvalue weighted by Crippen LogP contribution is -2.23. The summed E-state index contributed by atoms with van der Waals surface area (Å²) in [4.78, 5) is 19.4. The molecule has 1 N–H and O–H groups in total. The first-order valence-corrected chi connectivity index (χ1v) is 7.59. The van der Waals surface area contributed by atoms with Crippen LogP contribution in [-0.2, 0) is 25.9 Å². The van der Waals surface area contributed by atoms with Gasteiger partial charge in [-0.1, -0.05) is 19.1 Å². The summed E-state index contributed by atoms with van der Waals surface area (Å²) in [5.74, 6) is 1.41. The number of nitrogens with zero attached hydrogens (tertiary/aromatic N) is 1. The number of nitrogens with one attached hydrogen (secondary N) is 1. The SMILES string of the molecule is CCc1ccc(OCc2nc3c(c(=O)[nH]2)CCCC3)cc1. The molecule has 1 heterocycles. The fourth-order valence-electron chi connectivity index (χ4n) is 2.70. The molecule has 0 fully saturated rings. The van der Waals surface area contributed by atoms with Crippen LogP contribution >= 0.6 is 0 Å². The summed E-state index contributed by atoms with van der Waals surface area (Å²) in [5.41, 5.74) is 3.09. The van der Waals surface area contributed by atoms with Gasteiger partial charge in [0.25, 0.3) is 5.56 Å². The van der Waals surface area contributed by atoms with Gasteiger partial charge in [0.05, 0.1) is 5.69 Å². The molecule has 1 aliphatic rings. The van der Waals surface area contributed by atoms with Crippen LogP contribution in [0.25, 0.3) is 0 Å². The number of fused-ring (bicyclic) bond motifs is 1. The molecule has 0 saturated heterocycles. The molecule has 0 spiro atoms. The largest absolute Gasteiger partial charge is 0.486 e. The van der Waals surface area contributed by atoms with Gasteiger partial charge >= 0.3 is 0 Å². The summed E-state index contributed by atoms with van der Waals surface area (Å²) in [5, 5.41) is 0. The fraction of sp³-hybridized carbons (Fsp3) is 0.412. The van der Waals surface area contributed by atoms with Crippen LogP contribution in [-0.4, -0.2) is 9.97 Å². The van der Waals surface area contributed by atoms with Crippen molar-refractivity contribution >= 4 is 0 Å². The molecule has 4 nitrogen and oxygen atoms in total. The Balaban J connectivity index is 1.72. The summed E-state index contributed by atoms with van der Waals surface area (Å²) >= 11 is 0. The molecule has 0 aliphatic heterocycles. The smallest absolute Gasteiger partial charge is 0.254 e. The summed E-state index contributed by atoms with van der Waals surface area (Å²) < 4.78 is 5.70. The zero-order valence-corrected chi connectivity index (χ0v) is 12.3. The molecule has 4 heteroatoms. The minimum absolute atomic E-state index is 0.000342. The third-order valence-electron chi connectivity index (χ3n) is 3.95. The van der Waals surface area contributed by atoms with Gasteiger partial charge in [0.15, 0.2) is 0 Å². The van der Waals surface area contributed by atoms with E-state index in [4.69, 9.17) is 4.74 Å². The van der Waals surface area contributed by atoms with Crippen molar-refractivity contribution in [2.75, 3.05) is 0 Å². The first-order valence-electron chi connectivity index (χ1n) is 7.59. The van der Waals surface area contributed by atoms with Gasteiger partial charge in [0, 0.05) is 5.56 Å². The van der Waals surface area contributed by atoms with Crippen molar-refractivity contribution in [3.05, 3.63) is 57.3 Å². The Morgan fingerprint density at radius 3 is 2.71 bits per heavy atom. The monoisotopic (exact) mass is 284 g/mol. The number of hydrogen-bond acceptors (Lipinski definition) is 3. The van der Waals surface area contributed by atoms with Crippen molar-refractivity contribution < 1.29 is 4.74 Å². The third-order valence-corrected chi connectivity index (χ3v) is 3.95. The molecule has 1 aromatic heterocycles. The highest BCUT2D eigenvalue weighted by atomic mass is 16.5. The van der Waals surface area contributed by atoms with E-state index in [9.17, 15) is 4.79 Å². The van der Waals surface area contributed by atoms with Crippen LogP contribution in [0, 0.1) is 0 Å². The van der Waals surface area contributed by atoms with Crippen LogP contribution in [0.15, 0.2) is 29.1 Å². The first-order chi connectivity index (χ1) is 10.3. The number of rotatable bonds is 4. The molecule has 110 valence electrons. The molecule has 0 atom stereocenters. The van der Waals surface area contributed by atoms with E-state index in [0.717, 1.165) is 49.1 Å². The summed E-state index contributed by atoms with van der Waals surface area (Å²) in [7, 11) is 0. The maximum atomic E-state index is 12.0. The minimum atomic E-state index is -0.000342. The van der Waals surface area contributed by atoms with Crippen LogP contribution in [0.4, 0.5) is 0 Å². The number of aromatic nitrogens is 2. The Labute approximate surface area is 124 Å². The second kappa shape index (κ2) is 6.12. The molecule has 0 unspecified atom stereocenters. The molecule has 0 saturated carbocycles. The molecule has 0 amide bonds. The lowest BCUT2D eigenvalue weighted by atomic mass is 9.97. The van der Waals surface area contributed by atoms with Gasteiger partial charge in [0.2, 0.25) is 0 Å². The molecule has 3 rings (SSSR count). The van der Waals surface area contributed by atoms with Crippen molar-refractivity contribution in [2.45, 2.75) is 45.6 Å². The standard InChI is InChI=1S/C17H20N2O2/c1-2-12-7-9-13(10-8-12)21-11-16-18-15-6-4-3-5-14(15)17(20)19-16/h7-10H,2-6,11H2,1H3,(H,18,19,20). The van der Waals surface area contributed by atoms with E-state index in [1.807, 2.05) is 12.1 Å². The van der Waals surface area contributed by atoms with Gasteiger partial charge < -0.3 is 9.72 Å². The molecule has 1 aromatic carbocycles. The predicted octanol–water partition coefficient (Wildman–Crippen LogP) is 2.79. The number of aryl methyl sites for hydroxylation is 2. The van der Waals surface area contributed by atoms with E-state index in [0.29, 0.717) is 12.4 Å². The Morgan fingerprint density at radius 2 is 1.95 bits per heavy atom. The van der Waals surface area contributed by atoms with Gasteiger partial charge in [-0.15, -0.1) is 0 Å². The Kier molecular flexibility index (Phi) is 4.04. The second-order valence-electron chi connectivity index (χ2n) is 5.43. The Morgan fingerprint density at radius 1 is 1.19 bits per heavy atom. The zero-order chi connectivity index (χ0) is 14.7. The topological polar surface area (TPSA) is 55.0 Å². The number of H-pyrrole nitrogens is 1. The average molecular weight is 284 g/mol. The quantitative estimate of drug-likeness (QED) is 0.939. The van der Waals surface area contributed by atoms with Crippen molar-refractivity contribution in [2.24, 2.45) is 0 Å². The minimum Gasteiger partial charge on any atom is -0.486 e. The van der Waals surface area contributed by atoms with Gasteiger partial charge in [0.1, 0.15) is 18.2 Å². The van der Waals surface area contributed by atoms with Gasteiger partial charge in [-0.05, 0) is 49.8 Å². The predicted molar refractivity (Wildman–Crippen MR) is 81.7 cm³/mol. The number of benzene rings is 1. The normalized spacial score (nSPS) is 13.8. The lowest BCUT2D eigenvalue weighted by Gasteiger charge is -2.14. The van der Waals surface area contributed by atoms with Gasteiger partial charge in [-0.2, -0.15) is 0 Å². The maximum Gasteiger partial charge on any atom is 0.254 e. The zero-order valence-electron chi connectivity index (χ0n) is 12.3. The van der Waals surface area contributed by atoms with Crippen molar-refractivity contribution in [3.8, 4) is 5.75 Å². The fourth-order valence-corrected chi connectivity index (χ4v) is 2.70. The molecule has 2 aromatic rings. The average Bonchev–Trinajstić information content (AvgIpc) is 2.53. The highest BCUT2D eigenvalue weighted by molar-refractivity contribution is 5.27. The van der Waals surface area contributed by atoms with Crippen LogP contribution in [0.1, 0.15) is 42.4 Å². The second-order valence-corrected chi connectivity index (χ2v) is 5.43. The number of ether oxygens (including phenoxy) is 1. The van der Waals surface area contributed by atoms with E-state index in [-0.39, 0.29) is 5.56 Å². The maximum absolute atomic E-state index is 12.0. The number of hydrogen-bond donors (Lipinski definition) is 1. The molecular weight excluding hydrogens is 264 g/mol. The van der Waals surface area contributed by atoms with E-state index >= 15 is 0 Å². The van der Waals surface area contributed by atoms with E-state index in [2.05, 4.69) is 29.0 Å². The lowest BCUT2D eigenvalue weighted by molar-refractivity contribution is 0.294. The van der Waals surface area contributed by atoms with Crippen molar-refractivity contribution in [1.29, 1.82) is 0 Å².